The number of ether oxygens (including phenoxy) is 1. The first-order valence-corrected chi connectivity index (χ1v) is 7.11. The Kier molecular flexibility index (Phi) is 2.93. The predicted molar refractivity (Wildman–Crippen MR) is 80.4 cm³/mol. The molecule has 1 aliphatic rings. The van der Waals surface area contributed by atoms with Crippen LogP contribution in [-0.2, 0) is 4.74 Å². The van der Waals surface area contributed by atoms with E-state index < -0.39 is 0 Å². The summed E-state index contributed by atoms with van der Waals surface area (Å²) in [6.45, 7) is 1.54. The smallest absolute Gasteiger partial charge is 0.224 e. The van der Waals surface area contributed by atoms with Gasteiger partial charge < -0.3 is 16.2 Å². The summed E-state index contributed by atoms with van der Waals surface area (Å²) in [6, 6.07) is 0.356. The molecule has 0 radical (unpaired) electrons. The van der Waals surface area contributed by atoms with Crippen molar-refractivity contribution in [3.05, 3.63) is 18.6 Å². The van der Waals surface area contributed by atoms with Gasteiger partial charge in [0, 0.05) is 13.2 Å². The summed E-state index contributed by atoms with van der Waals surface area (Å²) < 4.78 is 9.01. The average molecular weight is 300 g/mol. The topological polar surface area (TPSA) is 123 Å². The number of anilines is 2. The molecule has 3 aromatic rings. The molecule has 9 heteroatoms. The number of nitrogens with zero attached hydrogens (tertiary/aromatic N) is 6. The SMILES string of the molecule is Nc1nc(N)c2cnn(-c3cnn(C4CCOCC4)c3)c2n1. The normalized spacial score (nSPS) is 16.4. The molecule has 9 nitrogen and oxygen atoms in total. The number of aromatic nitrogens is 6. The van der Waals surface area contributed by atoms with Crippen LogP contribution in [0.25, 0.3) is 16.7 Å². The fraction of sp³-hybridized carbons (Fsp3) is 0.385. The van der Waals surface area contributed by atoms with E-state index in [0.29, 0.717) is 22.9 Å². The zero-order valence-corrected chi connectivity index (χ0v) is 11.9. The van der Waals surface area contributed by atoms with E-state index in [2.05, 4.69) is 20.2 Å². The third-order valence-corrected chi connectivity index (χ3v) is 3.87. The van der Waals surface area contributed by atoms with Gasteiger partial charge in [-0.1, -0.05) is 0 Å². The average Bonchev–Trinajstić information content (AvgIpc) is 3.14. The van der Waals surface area contributed by atoms with E-state index in [9.17, 15) is 0 Å². The lowest BCUT2D eigenvalue weighted by Gasteiger charge is -2.22. The van der Waals surface area contributed by atoms with Crippen LogP contribution in [0.3, 0.4) is 0 Å². The third kappa shape index (κ3) is 2.06. The van der Waals surface area contributed by atoms with Gasteiger partial charge in [0.25, 0.3) is 0 Å². The van der Waals surface area contributed by atoms with Gasteiger partial charge >= 0.3 is 0 Å². The Bertz CT molecular complexity index is 817. The second-order valence-corrected chi connectivity index (χ2v) is 5.28. The summed E-state index contributed by atoms with van der Waals surface area (Å²) in [5, 5.41) is 9.44. The highest BCUT2D eigenvalue weighted by molar-refractivity contribution is 5.86. The van der Waals surface area contributed by atoms with Gasteiger partial charge in [0.2, 0.25) is 5.95 Å². The second kappa shape index (κ2) is 4.95. The molecule has 4 rings (SSSR count). The number of rotatable bonds is 2. The first kappa shape index (κ1) is 13.0. The highest BCUT2D eigenvalue weighted by atomic mass is 16.5. The summed E-state index contributed by atoms with van der Waals surface area (Å²) in [4.78, 5) is 8.17. The minimum Gasteiger partial charge on any atom is -0.383 e. The maximum absolute atomic E-state index is 5.85. The number of hydrogen-bond donors (Lipinski definition) is 2. The maximum atomic E-state index is 5.85. The van der Waals surface area contributed by atoms with Crippen molar-refractivity contribution in [2.75, 3.05) is 24.7 Å². The number of nitrogens with two attached hydrogens (primary N) is 2. The van der Waals surface area contributed by atoms with Crippen LogP contribution < -0.4 is 11.5 Å². The van der Waals surface area contributed by atoms with Crippen LogP contribution in [0.1, 0.15) is 18.9 Å². The van der Waals surface area contributed by atoms with E-state index in [1.165, 1.54) is 0 Å². The Balaban J connectivity index is 1.74. The van der Waals surface area contributed by atoms with Gasteiger partial charge in [-0.3, -0.25) is 4.68 Å². The van der Waals surface area contributed by atoms with Crippen LogP contribution in [0, 0.1) is 0 Å². The van der Waals surface area contributed by atoms with E-state index in [1.54, 1.807) is 17.1 Å². The largest absolute Gasteiger partial charge is 0.383 e. The van der Waals surface area contributed by atoms with Crippen molar-refractivity contribution in [2.24, 2.45) is 0 Å². The van der Waals surface area contributed by atoms with Crippen LogP contribution in [-0.4, -0.2) is 42.7 Å². The van der Waals surface area contributed by atoms with Crippen LogP contribution in [0.2, 0.25) is 0 Å². The fourth-order valence-electron chi connectivity index (χ4n) is 2.72. The minimum atomic E-state index is 0.128. The zero-order valence-electron chi connectivity index (χ0n) is 11.9. The van der Waals surface area contributed by atoms with E-state index in [-0.39, 0.29) is 5.95 Å². The minimum absolute atomic E-state index is 0.128. The van der Waals surface area contributed by atoms with Gasteiger partial charge in [-0.25, -0.2) is 4.68 Å². The van der Waals surface area contributed by atoms with Gasteiger partial charge in [-0.2, -0.15) is 20.2 Å². The molecule has 0 aromatic carbocycles. The fourth-order valence-corrected chi connectivity index (χ4v) is 2.72. The molecule has 1 saturated heterocycles. The van der Waals surface area contributed by atoms with E-state index in [1.807, 2.05) is 10.9 Å². The van der Waals surface area contributed by atoms with Gasteiger partial charge in [-0.15, -0.1) is 0 Å². The molecule has 0 saturated carbocycles. The van der Waals surface area contributed by atoms with E-state index in [0.717, 1.165) is 31.7 Å². The molecule has 0 bridgehead atoms. The van der Waals surface area contributed by atoms with Gasteiger partial charge in [-0.05, 0) is 12.8 Å². The molecule has 0 unspecified atom stereocenters. The van der Waals surface area contributed by atoms with Gasteiger partial charge in [0.1, 0.15) is 11.5 Å². The lowest BCUT2D eigenvalue weighted by atomic mass is 10.1. The van der Waals surface area contributed by atoms with Crippen LogP contribution in [0.4, 0.5) is 11.8 Å². The maximum Gasteiger partial charge on any atom is 0.224 e. The van der Waals surface area contributed by atoms with Crippen molar-refractivity contribution < 1.29 is 4.74 Å². The Morgan fingerprint density at radius 1 is 1.09 bits per heavy atom. The lowest BCUT2D eigenvalue weighted by Crippen LogP contribution is -2.19. The Morgan fingerprint density at radius 2 is 1.91 bits per heavy atom. The molecule has 0 aliphatic carbocycles. The highest BCUT2D eigenvalue weighted by Gasteiger charge is 2.18. The van der Waals surface area contributed by atoms with Gasteiger partial charge in [0.15, 0.2) is 5.65 Å². The standard InChI is InChI=1S/C13H16N8O/c14-11-10-6-17-21(12(10)19-13(15)18-11)9-5-16-20(7-9)8-1-3-22-4-2-8/h5-8H,1-4H2,(H4,14,15,18,19). The van der Waals surface area contributed by atoms with Crippen LogP contribution >= 0.6 is 0 Å². The molecule has 0 spiro atoms. The summed E-state index contributed by atoms with van der Waals surface area (Å²) in [6.07, 6.45) is 7.27. The first-order valence-electron chi connectivity index (χ1n) is 7.11. The number of fused-ring (bicyclic) bond motifs is 1. The number of nitrogen functional groups attached to an aromatic ring is 2. The van der Waals surface area contributed by atoms with Crippen molar-refractivity contribution >= 4 is 22.8 Å². The van der Waals surface area contributed by atoms with E-state index in [4.69, 9.17) is 16.2 Å². The van der Waals surface area contributed by atoms with Crippen molar-refractivity contribution in [2.45, 2.75) is 18.9 Å². The molecule has 0 amide bonds. The molecule has 1 aliphatic heterocycles. The van der Waals surface area contributed by atoms with Crippen molar-refractivity contribution in [1.29, 1.82) is 0 Å². The van der Waals surface area contributed by atoms with Crippen molar-refractivity contribution in [3.8, 4) is 5.69 Å². The van der Waals surface area contributed by atoms with Crippen molar-refractivity contribution in [3.63, 3.8) is 0 Å². The highest BCUT2D eigenvalue weighted by Crippen LogP contribution is 2.24. The molecular formula is C13H16N8O. The van der Waals surface area contributed by atoms with Crippen LogP contribution in [0.5, 0.6) is 0 Å². The summed E-state index contributed by atoms with van der Waals surface area (Å²) in [7, 11) is 0. The molecule has 4 N–H and O–H groups in total. The zero-order chi connectivity index (χ0) is 15.1. The van der Waals surface area contributed by atoms with Crippen molar-refractivity contribution in [1.82, 2.24) is 29.5 Å². The monoisotopic (exact) mass is 300 g/mol. The third-order valence-electron chi connectivity index (χ3n) is 3.87. The second-order valence-electron chi connectivity index (χ2n) is 5.28. The van der Waals surface area contributed by atoms with E-state index >= 15 is 0 Å². The molecule has 22 heavy (non-hydrogen) atoms. The molecule has 0 atom stereocenters. The molecule has 114 valence electrons. The quantitative estimate of drug-likeness (QED) is 0.707. The summed E-state index contributed by atoms with van der Waals surface area (Å²) in [5.74, 6) is 0.453. The van der Waals surface area contributed by atoms with Crippen LogP contribution in [0.15, 0.2) is 18.6 Å². The number of hydrogen-bond acceptors (Lipinski definition) is 7. The Hall–Kier alpha value is -2.68. The predicted octanol–water partition coefficient (Wildman–Crippen LogP) is 0.528. The Labute approximate surface area is 125 Å². The molecular weight excluding hydrogens is 284 g/mol. The Morgan fingerprint density at radius 3 is 2.73 bits per heavy atom. The van der Waals surface area contributed by atoms with Gasteiger partial charge in [0.05, 0.1) is 30.0 Å². The summed E-state index contributed by atoms with van der Waals surface area (Å²) in [5.41, 5.74) is 12.9. The first-order chi connectivity index (χ1) is 10.7. The molecule has 3 aromatic heterocycles. The molecule has 4 heterocycles. The lowest BCUT2D eigenvalue weighted by molar-refractivity contribution is 0.0662. The molecule has 1 fully saturated rings. The summed E-state index contributed by atoms with van der Waals surface area (Å²) >= 11 is 0.